The maximum absolute atomic E-state index is 11.2. The number of nitrogens with zero attached hydrogens (tertiary/aromatic N) is 2. The SMILES string of the molecule is O=C(O)c1ccc(N2Cc3nc4c(c(-c5cccs5)c3C2=S)CCCC4)cc1. The van der Waals surface area contributed by atoms with Crippen LogP contribution >= 0.6 is 23.6 Å². The van der Waals surface area contributed by atoms with Gasteiger partial charge in [0.05, 0.1) is 17.8 Å². The summed E-state index contributed by atoms with van der Waals surface area (Å²) in [4.78, 5) is 20.3. The van der Waals surface area contributed by atoms with Crippen LogP contribution < -0.4 is 4.90 Å². The van der Waals surface area contributed by atoms with E-state index < -0.39 is 5.97 Å². The zero-order valence-electron chi connectivity index (χ0n) is 15.1. The molecule has 0 bridgehead atoms. The molecule has 1 aromatic carbocycles. The summed E-state index contributed by atoms with van der Waals surface area (Å²) in [6.45, 7) is 0.631. The Morgan fingerprint density at radius 2 is 1.86 bits per heavy atom. The van der Waals surface area contributed by atoms with Gasteiger partial charge in [-0.2, -0.15) is 0 Å². The molecule has 0 saturated carbocycles. The van der Waals surface area contributed by atoms with Crippen molar-refractivity contribution in [2.24, 2.45) is 0 Å². The molecule has 6 heteroatoms. The topological polar surface area (TPSA) is 53.4 Å². The van der Waals surface area contributed by atoms with E-state index in [-0.39, 0.29) is 5.56 Å². The first-order chi connectivity index (χ1) is 13.6. The zero-order valence-corrected chi connectivity index (χ0v) is 16.8. The molecule has 3 aromatic rings. The molecular weight excluding hydrogens is 388 g/mol. The molecule has 1 aliphatic heterocycles. The summed E-state index contributed by atoms with van der Waals surface area (Å²) < 4.78 is 0. The van der Waals surface area contributed by atoms with Crippen molar-refractivity contribution in [2.45, 2.75) is 32.2 Å². The van der Waals surface area contributed by atoms with Gasteiger partial charge in [0, 0.05) is 27.4 Å². The van der Waals surface area contributed by atoms with Crippen LogP contribution in [0.25, 0.3) is 10.4 Å². The molecule has 28 heavy (non-hydrogen) atoms. The summed E-state index contributed by atoms with van der Waals surface area (Å²) >= 11 is 7.65. The zero-order chi connectivity index (χ0) is 19.3. The number of carboxylic acids is 1. The van der Waals surface area contributed by atoms with Crippen LogP contribution in [0.5, 0.6) is 0 Å². The number of benzene rings is 1. The minimum absolute atomic E-state index is 0.277. The third-order valence-electron chi connectivity index (χ3n) is 5.51. The summed E-state index contributed by atoms with van der Waals surface area (Å²) in [5, 5.41) is 11.3. The highest BCUT2D eigenvalue weighted by Gasteiger charge is 2.33. The van der Waals surface area contributed by atoms with Gasteiger partial charge in [0.1, 0.15) is 4.99 Å². The Kier molecular flexibility index (Phi) is 4.25. The monoisotopic (exact) mass is 406 g/mol. The van der Waals surface area contributed by atoms with E-state index in [0.29, 0.717) is 6.54 Å². The van der Waals surface area contributed by atoms with Crippen LogP contribution in [0.3, 0.4) is 0 Å². The number of aromatic carboxylic acids is 1. The quantitative estimate of drug-likeness (QED) is 0.615. The summed E-state index contributed by atoms with van der Waals surface area (Å²) in [6.07, 6.45) is 4.46. The minimum atomic E-state index is -0.923. The van der Waals surface area contributed by atoms with Crippen molar-refractivity contribution in [3.8, 4) is 10.4 Å². The molecule has 2 aromatic heterocycles. The highest BCUT2D eigenvalue weighted by molar-refractivity contribution is 7.81. The third-order valence-corrected chi connectivity index (χ3v) is 6.82. The number of anilines is 1. The number of thiophene rings is 1. The fourth-order valence-corrected chi connectivity index (χ4v) is 5.38. The van der Waals surface area contributed by atoms with Crippen LogP contribution in [0.4, 0.5) is 5.69 Å². The number of aromatic nitrogens is 1. The molecule has 1 aliphatic carbocycles. The average molecular weight is 407 g/mol. The second kappa shape index (κ2) is 6.79. The molecule has 3 heterocycles. The van der Waals surface area contributed by atoms with Gasteiger partial charge in [-0.05, 0) is 67.0 Å². The molecule has 0 atom stereocenters. The number of aryl methyl sites for hydroxylation is 1. The second-order valence-corrected chi connectivity index (χ2v) is 8.50. The van der Waals surface area contributed by atoms with Gasteiger partial charge >= 0.3 is 5.97 Å². The van der Waals surface area contributed by atoms with Gasteiger partial charge in [-0.25, -0.2) is 4.79 Å². The van der Waals surface area contributed by atoms with Crippen molar-refractivity contribution < 1.29 is 9.90 Å². The molecule has 140 valence electrons. The van der Waals surface area contributed by atoms with E-state index in [2.05, 4.69) is 22.4 Å². The van der Waals surface area contributed by atoms with E-state index in [0.717, 1.165) is 34.8 Å². The van der Waals surface area contributed by atoms with Crippen LogP contribution in [0.2, 0.25) is 0 Å². The van der Waals surface area contributed by atoms with Crippen LogP contribution in [0.1, 0.15) is 45.7 Å². The highest BCUT2D eigenvalue weighted by Crippen LogP contribution is 2.41. The van der Waals surface area contributed by atoms with Crippen LogP contribution in [0, 0.1) is 0 Å². The van der Waals surface area contributed by atoms with Gasteiger partial charge < -0.3 is 10.0 Å². The first kappa shape index (κ1) is 17.5. The second-order valence-electron chi connectivity index (χ2n) is 7.16. The predicted octanol–water partition coefficient (Wildman–Crippen LogP) is 5.08. The Labute approximate surface area is 172 Å². The number of hydrogen-bond donors (Lipinski definition) is 1. The van der Waals surface area contributed by atoms with E-state index in [9.17, 15) is 4.79 Å². The Morgan fingerprint density at radius 1 is 1.07 bits per heavy atom. The predicted molar refractivity (Wildman–Crippen MR) is 115 cm³/mol. The Hall–Kier alpha value is -2.57. The van der Waals surface area contributed by atoms with Crippen LogP contribution in [0.15, 0.2) is 41.8 Å². The molecule has 0 amide bonds. The van der Waals surface area contributed by atoms with E-state index in [1.807, 2.05) is 12.1 Å². The van der Waals surface area contributed by atoms with E-state index in [1.165, 1.54) is 34.5 Å². The largest absolute Gasteiger partial charge is 0.478 e. The Bertz CT molecular complexity index is 1090. The minimum Gasteiger partial charge on any atom is -0.478 e. The highest BCUT2D eigenvalue weighted by atomic mass is 32.1. The van der Waals surface area contributed by atoms with Gasteiger partial charge in [-0.3, -0.25) is 4.98 Å². The first-order valence-corrected chi connectivity index (χ1v) is 10.7. The van der Waals surface area contributed by atoms with E-state index in [4.69, 9.17) is 22.3 Å². The molecule has 0 radical (unpaired) electrons. The third kappa shape index (κ3) is 2.75. The number of thiocarbonyl (C=S) groups is 1. The lowest BCUT2D eigenvalue weighted by Gasteiger charge is -2.21. The maximum atomic E-state index is 11.2. The number of carboxylic acid groups (broad SMARTS) is 1. The van der Waals surface area contributed by atoms with Gasteiger partial charge in [-0.1, -0.05) is 18.3 Å². The Balaban J connectivity index is 1.63. The molecule has 0 fully saturated rings. The summed E-state index contributed by atoms with van der Waals surface area (Å²) in [7, 11) is 0. The first-order valence-electron chi connectivity index (χ1n) is 9.37. The van der Waals surface area contributed by atoms with Crippen molar-refractivity contribution in [1.29, 1.82) is 0 Å². The van der Waals surface area contributed by atoms with Crippen molar-refractivity contribution in [1.82, 2.24) is 4.98 Å². The summed E-state index contributed by atoms with van der Waals surface area (Å²) in [5.74, 6) is -0.923. The maximum Gasteiger partial charge on any atom is 0.335 e. The number of fused-ring (bicyclic) bond motifs is 2. The van der Waals surface area contributed by atoms with Crippen molar-refractivity contribution >= 4 is 40.2 Å². The lowest BCUT2D eigenvalue weighted by Crippen LogP contribution is -2.22. The van der Waals surface area contributed by atoms with Gasteiger partial charge in [0.15, 0.2) is 0 Å². The number of carbonyl (C=O) groups is 1. The standard InChI is InChI=1S/C22H18N2O2S2/c25-22(26)13-7-9-14(10-8-13)24-12-17-20(21(24)27)19(18-6-3-11-28-18)15-4-1-2-5-16(15)23-17/h3,6-11H,1-2,4-5,12H2,(H,25,26). The fraction of sp³-hybridized carbons (Fsp3) is 0.227. The molecule has 4 nitrogen and oxygen atoms in total. The molecule has 5 rings (SSSR count). The van der Waals surface area contributed by atoms with Crippen molar-refractivity contribution in [3.05, 3.63) is 69.9 Å². The lowest BCUT2D eigenvalue weighted by molar-refractivity contribution is 0.0697. The normalized spacial score (nSPS) is 15.4. The Morgan fingerprint density at radius 3 is 2.57 bits per heavy atom. The van der Waals surface area contributed by atoms with E-state index in [1.54, 1.807) is 23.5 Å². The number of rotatable bonds is 3. The molecule has 0 saturated heterocycles. The van der Waals surface area contributed by atoms with Crippen LogP contribution in [-0.4, -0.2) is 21.0 Å². The fourth-order valence-electron chi connectivity index (χ4n) is 4.18. The molecule has 0 spiro atoms. The van der Waals surface area contributed by atoms with Crippen LogP contribution in [-0.2, 0) is 19.4 Å². The number of hydrogen-bond acceptors (Lipinski definition) is 4. The average Bonchev–Trinajstić information content (AvgIpc) is 3.35. The van der Waals surface area contributed by atoms with Gasteiger partial charge in [0.2, 0.25) is 0 Å². The molecule has 0 unspecified atom stereocenters. The van der Waals surface area contributed by atoms with Crippen molar-refractivity contribution in [3.63, 3.8) is 0 Å². The number of pyridine rings is 1. The molecular formula is C22H18N2O2S2. The lowest BCUT2D eigenvalue weighted by atomic mass is 9.88. The van der Waals surface area contributed by atoms with Gasteiger partial charge in [0.25, 0.3) is 0 Å². The summed E-state index contributed by atoms with van der Waals surface area (Å²) in [5.41, 5.74) is 7.15. The molecule has 1 N–H and O–H groups in total. The van der Waals surface area contributed by atoms with Crippen molar-refractivity contribution in [2.75, 3.05) is 4.90 Å². The smallest absolute Gasteiger partial charge is 0.335 e. The van der Waals surface area contributed by atoms with E-state index >= 15 is 0 Å². The van der Waals surface area contributed by atoms with Gasteiger partial charge in [-0.15, -0.1) is 11.3 Å². The summed E-state index contributed by atoms with van der Waals surface area (Å²) in [6, 6.07) is 11.2. The molecule has 2 aliphatic rings.